The molecule has 1 aromatic carbocycles. The van der Waals surface area contributed by atoms with Crippen molar-refractivity contribution >= 4 is 44.6 Å². The van der Waals surface area contributed by atoms with E-state index < -0.39 is 92.6 Å². The van der Waals surface area contributed by atoms with Gasteiger partial charge in [-0.25, -0.2) is 17.6 Å². The van der Waals surface area contributed by atoms with E-state index in [1.807, 2.05) is 23.8 Å². The van der Waals surface area contributed by atoms with Gasteiger partial charge in [-0.05, 0) is 101 Å². The lowest BCUT2D eigenvalue weighted by Gasteiger charge is -2.34. The highest BCUT2D eigenvalue weighted by molar-refractivity contribution is 7.91. The minimum atomic E-state index is -4.94. The number of aryl methyl sites for hydroxylation is 1. The average Bonchev–Trinajstić information content (AvgIpc) is 4.12. The van der Waals surface area contributed by atoms with Gasteiger partial charge in [0.2, 0.25) is 39.2 Å². The summed E-state index contributed by atoms with van der Waals surface area (Å²) in [4.78, 5) is 62.6. The fourth-order valence-electron chi connectivity index (χ4n) is 8.64. The summed E-state index contributed by atoms with van der Waals surface area (Å²) in [5.74, 6) is -3.09. The lowest BCUT2D eigenvalue weighted by atomic mass is 9.88. The molecule has 5 aliphatic rings. The number of amides is 4. The van der Waals surface area contributed by atoms with Crippen molar-refractivity contribution in [1.82, 2.24) is 25.2 Å². The maximum absolute atomic E-state index is 14.9. The highest BCUT2D eigenvalue weighted by atomic mass is 32.2. The Balaban J connectivity index is 1.25. The molecule has 4 heterocycles. The monoisotopic (exact) mass is 895 g/mol. The van der Waals surface area contributed by atoms with Gasteiger partial charge in [0.25, 0.3) is 5.91 Å². The standard InChI is InChI=1S/C42H53F4N5O10S/c1-23-9-6-7-10-25-20-41(25,37(54)50-62(56,57)40(22-43)14-15-40)49-33(52)31-19-27(60-35-29-13-12-26(58-5)18-30(29)28-11-8-16-59-34(28)48-35)21-51(31)36(53)32(24(2)17-23)47-38(55)61-39(3,4)42(44,45)46/h7,10,12-13,18,23-25,27,31-32H,6,8-9,11,14-17,19-22H2,1-5H3,(H,47,55)(H,49,52)(H,50,54)/b10-7-/t23-,24+,25+,27+,31-,32-,41+/m0/s1. The van der Waals surface area contributed by atoms with E-state index in [0.29, 0.717) is 63.2 Å². The molecule has 7 atom stereocenters. The molecule has 1 saturated heterocycles. The molecule has 7 rings (SSSR count). The molecule has 62 heavy (non-hydrogen) atoms. The molecule has 0 radical (unpaired) electrons. The third-order valence-corrected chi connectivity index (χ3v) is 15.0. The van der Waals surface area contributed by atoms with Crippen LogP contribution in [-0.4, -0.2) is 109 Å². The number of hydrogen-bond donors (Lipinski definition) is 3. The number of benzene rings is 1. The molecule has 2 aromatic rings. The molecular weight excluding hydrogens is 843 g/mol. The van der Waals surface area contributed by atoms with E-state index in [0.717, 1.165) is 22.3 Å². The summed E-state index contributed by atoms with van der Waals surface area (Å²) in [7, 11) is -2.94. The van der Waals surface area contributed by atoms with Crippen molar-refractivity contribution in [3.8, 4) is 17.5 Å². The molecular formula is C42H53F4N5O10S. The van der Waals surface area contributed by atoms with E-state index in [1.54, 1.807) is 25.1 Å². The van der Waals surface area contributed by atoms with Crippen LogP contribution in [0, 0.1) is 17.8 Å². The predicted octanol–water partition coefficient (Wildman–Crippen LogP) is 5.19. The Morgan fingerprint density at radius 3 is 2.53 bits per heavy atom. The molecule has 340 valence electrons. The van der Waals surface area contributed by atoms with Gasteiger partial charge in [0.1, 0.15) is 40.9 Å². The Morgan fingerprint density at radius 1 is 1.11 bits per heavy atom. The second-order valence-corrected chi connectivity index (χ2v) is 20.0. The Hall–Kier alpha value is -4.88. The molecule has 3 aliphatic heterocycles. The highest BCUT2D eigenvalue weighted by Gasteiger charge is 2.64. The number of aromatic nitrogens is 1. The van der Waals surface area contributed by atoms with Crippen LogP contribution in [-0.2, 0) is 35.6 Å². The molecule has 0 unspecified atom stereocenters. The minimum Gasteiger partial charge on any atom is -0.497 e. The molecule has 0 bridgehead atoms. The van der Waals surface area contributed by atoms with E-state index in [-0.39, 0.29) is 44.0 Å². The molecule has 1 aromatic heterocycles. The fourth-order valence-corrected chi connectivity index (χ4v) is 10.1. The normalized spacial score (nSPS) is 29.3. The number of nitrogens with one attached hydrogen (secondary N) is 3. The summed E-state index contributed by atoms with van der Waals surface area (Å²) in [5.41, 5.74) is -3.85. The quantitative estimate of drug-likeness (QED) is 0.222. The van der Waals surface area contributed by atoms with E-state index in [1.165, 1.54) is 7.11 Å². The molecule has 2 aliphatic carbocycles. The SMILES string of the molecule is COc1ccc2c(O[C@@H]3C[C@H]4C(=O)N[C@]5(C(=O)NS(=O)(=O)C6(CF)CC6)C[C@H]5/C=C\CC[C@H](C)C[C@@H](C)[C@H](NC(=O)OC(C)(C)C(F)(F)F)C(=O)N4C3)nc3c(c2c1)CCCO3. The van der Waals surface area contributed by atoms with Crippen molar-refractivity contribution in [3.63, 3.8) is 0 Å². The van der Waals surface area contributed by atoms with Crippen LogP contribution in [0.1, 0.15) is 84.6 Å². The predicted molar refractivity (Wildman–Crippen MR) is 215 cm³/mol. The number of carbonyl (C=O) groups is 4. The minimum absolute atomic E-state index is 0.00586. The summed E-state index contributed by atoms with van der Waals surface area (Å²) in [6.07, 6.45) is -1.16. The number of alkyl carbamates (subject to hydrolysis) is 1. The summed E-state index contributed by atoms with van der Waals surface area (Å²) >= 11 is 0. The maximum atomic E-state index is 14.9. The van der Waals surface area contributed by atoms with Crippen LogP contribution in [0.15, 0.2) is 30.4 Å². The average molecular weight is 896 g/mol. The van der Waals surface area contributed by atoms with Crippen molar-refractivity contribution < 1.29 is 64.1 Å². The molecule has 0 spiro atoms. The lowest BCUT2D eigenvalue weighted by Crippen LogP contribution is -2.60. The van der Waals surface area contributed by atoms with Crippen molar-refractivity contribution in [3.05, 3.63) is 35.9 Å². The number of sulfonamides is 1. The van der Waals surface area contributed by atoms with Gasteiger partial charge < -0.3 is 34.5 Å². The van der Waals surface area contributed by atoms with Crippen LogP contribution >= 0.6 is 0 Å². The van der Waals surface area contributed by atoms with Crippen LogP contribution < -0.4 is 29.6 Å². The van der Waals surface area contributed by atoms with Gasteiger partial charge in [0.05, 0.1) is 20.3 Å². The number of allylic oxidation sites excluding steroid dienone is 1. The van der Waals surface area contributed by atoms with Crippen molar-refractivity contribution in [2.75, 3.05) is 26.9 Å². The first-order valence-electron chi connectivity index (χ1n) is 20.9. The summed E-state index contributed by atoms with van der Waals surface area (Å²) in [6.45, 7) is 3.88. The van der Waals surface area contributed by atoms with Gasteiger partial charge >= 0.3 is 12.3 Å². The molecule has 2 saturated carbocycles. The molecule has 3 fully saturated rings. The number of pyridine rings is 1. The zero-order valence-electron chi connectivity index (χ0n) is 35.2. The maximum Gasteiger partial charge on any atom is 0.427 e. The Kier molecular flexibility index (Phi) is 12.1. The van der Waals surface area contributed by atoms with E-state index >= 15 is 0 Å². The van der Waals surface area contributed by atoms with Gasteiger partial charge in [-0.3, -0.25) is 19.1 Å². The van der Waals surface area contributed by atoms with Crippen LogP contribution in [0.3, 0.4) is 0 Å². The number of carbonyl (C=O) groups excluding carboxylic acids is 4. The fraction of sp³-hybridized carbons (Fsp3) is 0.643. The van der Waals surface area contributed by atoms with Gasteiger partial charge in [-0.2, -0.15) is 18.2 Å². The smallest absolute Gasteiger partial charge is 0.427 e. The number of rotatable bonds is 9. The Bertz CT molecular complexity index is 2250. The largest absolute Gasteiger partial charge is 0.497 e. The van der Waals surface area contributed by atoms with Crippen LogP contribution in [0.2, 0.25) is 0 Å². The Morgan fingerprint density at radius 2 is 1.85 bits per heavy atom. The highest BCUT2D eigenvalue weighted by Crippen LogP contribution is 2.48. The first kappa shape index (κ1) is 45.2. The zero-order valence-corrected chi connectivity index (χ0v) is 36.0. The third-order valence-electron chi connectivity index (χ3n) is 12.9. The third kappa shape index (κ3) is 8.71. The molecule has 20 heteroatoms. The topological polar surface area (TPSA) is 192 Å². The lowest BCUT2D eigenvalue weighted by molar-refractivity contribution is -0.244. The van der Waals surface area contributed by atoms with Crippen molar-refractivity contribution in [2.45, 2.75) is 126 Å². The van der Waals surface area contributed by atoms with Crippen LogP contribution in [0.4, 0.5) is 22.4 Å². The van der Waals surface area contributed by atoms with Crippen molar-refractivity contribution in [2.24, 2.45) is 17.8 Å². The summed E-state index contributed by atoms with van der Waals surface area (Å²) in [5, 5.41) is 6.46. The number of methoxy groups -OCH3 is 1. The summed E-state index contributed by atoms with van der Waals surface area (Å²) in [6, 6.07) is 2.43. The molecule has 15 nitrogen and oxygen atoms in total. The number of ether oxygens (including phenoxy) is 4. The van der Waals surface area contributed by atoms with Crippen LogP contribution in [0.5, 0.6) is 17.5 Å². The molecule has 4 amide bonds. The van der Waals surface area contributed by atoms with Crippen LogP contribution in [0.25, 0.3) is 10.8 Å². The van der Waals surface area contributed by atoms with Crippen molar-refractivity contribution in [1.29, 1.82) is 0 Å². The zero-order chi connectivity index (χ0) is 45.0. The van der Waals surface area contributed by atoms with Gasteiger partial charge in [-0.15, -0.1) is 0 Å². The second kappa shape index (κ2) is 16.7. The number of alkyl halides is 4. The first-order chi connectivity index (χ1) is 29.1. The van der Waals surface area contributed by atoms with E-state index in [4.69, 9.17) is 18.9 Å². The second-order valence-electron chi connectivity index (χ2n) is 17.9. The van der Waals surface area contributed by atoms with E-state index in [2.05, 4.69) is 15.6 Å². The first-order valence-corrected chi connectivity index (χ1v) is 22.4. The molecule has 3 N–H and O–H groups in total. The van der Waals surface area contributed by atoms with E-state index in [9.17, 15) is 45.2 Å². The van der Waals surface area contributed by atoms with Gasteiger partial charge in [0, 0.05) is 23.3 Å². The number of fused-ring (bicyclic) bond motifs is 5. The number of nitrogens with zero attached hydrogens (tertiary/aromatic N) is 2. The number of halogens is 4. The Labute approximate surface area is 357 Å². The summed E-state index contributed by atoms with van der Waals surface area (Å²) < 4.78 is 105. The van der Waals surface area contributed by atoms with Gasteiger partial charge in [0.15, 0.2) is 0 Å². The van der Waals surface area contributed by atoms with Gasteiger partial charge in [-0.1, -0.05) is 26.0 Å². The number of hydrogen-bond acceptors (Lipinski definition) is 11.